The topological polar surface area (TPSA) is 18.5 Å². The Bertz CT molecular complexity index is 498. The fourth-order valence-electron chi connectivity index (χ4n) is 2.56. The smallest absolute Gasteiger partial charge is 0.250 e. The van der Waals surface area contributed by atoms with E-state index >= 15 is 0 Å². The van der Waals surface area contributed by atoms with Crippen LogP contribution in [0, 0.1) is 0 Å². The Morgan fingerprint density at radius 3 is 2.00 bits per heavy atom. The molecule has 0 amide bonds. The molecule has 0 heterocycles. The second-order valence-electron chi connectivity index (χ2n) is 5.46. The molecule has 1 aromatic rings. The SMILES string of the molecule is C=C(O[Si](CC)(CC)CC)C(=C)C(OC)c1ccc(Br)cc1. The highest BCUT2D eigenvalue weighted by Gasteiger charge is 2.32. The van der Waals surface area contributed by atoms with E-state index in [-0.39, 0.29) is 6.10 Å². The van der Waals surface area contributed by atoms with Crippen LogP contribution in [0.4, 0.5) is 0 Å². The molecule has 0 bridgehead atoms. The zero-order valence-corrected chi connectivity index (χ0v) is 16.7. The van der Waals surface area contributed by atoms with Gasteiger partial charge in [0.25, 0.3) is 0 Å². The van der Waals surface area contributed by atoms with E-state index in [9.17, 15) is 0 Å². The van der Waals surface area contributed by atoms with Gasteiger partial charge < -0.3 is 9.16 Å². The molecule has 1 atom stereocenters. The third-order valence-corrected chi connectivity index (χ3v) is 9.43. The van der Waals surface area contributed by atoms with Gasteiger partial charge in [0.2, 0.25) is 8.32 Å². The summed E-state index contributed by atoms with van der Waals surface area (Å²) in [4.78, 5) is 0. The van der Waals surface area contributed by atoms with Gasteiger partial charge in [-0.25, -0.2) is 0 Å². The molecule has 0 aliphatic heterocycles. The molecule has 0 spiro atoms. The third-order valence-electron chi connectivity index (χ3n) is 4.36. The molecule has 1 aromatic carbocycles. The molecule has 4 heteroatoms. The van der Waals surface area contributed by atoms with Crippen LogP contribution in [0.5, 0.6) is 0 Å². The van der Waals surface area contributed by atoms with Gasteiger partial charge >= 0.3 is 0 Å². The van der Waals surface area contributed by atoms with Gasteiger partial charge in [0.05, 0.1) is 0 Å². The summed E-state index contributed by atoms with van der Waals surface area (Å²) in [6.07, 6.45) is -0.224. The minimum absolute atomic E-state index is 0.224. The van der Waals surface area contributed by atoms with Gasteiger partial charge in [-0.3, -0.25) is 0 Å². The van der Waals surface area contributed by atoms with Crippen molar-refractivity contribution in [2.45, 2.75) is 45.0 Å². The molecule has 0 saturated carbocycles. The first-order chi connectivity index (χ1) is 10.4. The molecule has 22 heavy (non-hydrogen) atoms. The van der Waals surface area contributed by atoms with E-state index in [1.54, 1.807) is 7.11 Å². The normalized spacial score (nSPS) is 12.8. The Labute approximate surface area is 144 Å². The number of methoxy groups -OCH3 is 1. The number of hydrogen-bond acceptors (Lipinski definition) is 2. The number of ether oxygens (including phenoxy) is 1. The van der Waals surface area contributed by atoms with Crippen molar-refractivity contribution in [2.75, 3.05) is 7.11 Å². The second kappa shape index (κ2) is 8.70. The highest BCUT2D eigenvalue weighted by molar-refractivity contribution is 9.10. The Hall–Kier alpha value is -0.843. The summed E-state index contributed by atoms with van der Waals surface area (Å²) in [6, 6.07) is 11.3. The quantitative estimate of drug-likeness (QED) is 0.286. The van der Waals surface area contributed by atoms with E-state index in [1.165, 1.54) is 0 Å². The molecule has 0 N–H and O–H groups in total. The summed E-state index contributed by atoms with van der Waals surface area (Å²) < 4.78 is 13.0. The van der Waals surface area contributed by atoms with Crippen LogP contribution in [-0.2, 0) is 9.16 Å². The van der Waals surface area contributed by atoms with Crippen molar-refractivity contribution in [1.82, 2.24) is 0 Å². The molecule has 0 radical (unpaired) electrons. The van der Waals surface area contributed by atoms with E-state index in [0.717, 1.165) is 33.7 Å². The number of hydrogen-bond donors (Lipinski definition) is 0. The summed E-state index contributed by atoms with van der Waals surface area (Å²) >= 11 is 3.45. The zero-order chi connectivity index (χ0) is 16.8. The first kappa shape index (κ1) is 19.2. The Morgan fingerprint density at radius 1 is 1.09 bits per heavy atom. The highest BCUT2D eigenvalue weighted by Crippen LogP contribution is 2.33. The van der Waals surface area contributed by atoms with Gasteiger partial charge in [0.1, 0.15) is 11.9 Å². The van der Waals surface area contributed by atoms with Crippen molar-refractivity contribution >= 4 is 24.2 Å². The maximum Gasteiger partial charge on any atom is 0.250 e. The summed E-state index contributed by atoms with van der Waals surface area (Å²) in [7, 11) is -0.0454. The van der Waals surface area contributed by atoms with Crippen LogP contribution in [-0.4, -0.2) is 15.4 Å². The summed E-state index contributed by atoms with van der Waals surface area (Å²) in [5, 5.41) is 0. The molecule has 0 saturated heterocycles. The van der Waals surface area contributed by atoms with Crippen LogP contribution in [0.1, 0.15) is 32.4 Å². The lowest BCUT2D eigenvalue weighted by molar-refractivity contribution is 0.130. The monoisotopic (exact) mass is 382 g/mol. The Kier molecular flexibility index (Phi) is 7.60. The van der Waals surface area contributed by atoms with Gasteiger partial charge in [-0.2, -0.15) is 0 Å². The van der Waals surface area contributed by atoms with Crippen LogP contribution in [0.3, 0.4) is 0 Å². The van der Waals surface area contributed by atoms with Crippen molar-refractivity contribution < 1.29 is 9.16 Å². The second-order valence-corrected chi connectivity index (χ2v) is 11.1. The first-order valence-electron chi connectivity index (χ1n) is 7.78. The van der Waals surface area contributed by atoms with E-state index in [0.29, 0.717) is 5.76 Å². The fourth-order valence-corrected chi connectivity index (χ4v) is 5.41. The molecule has 0 fully saturated rings. The van der Waals surface area contributed by atoms with E-state index in [1.807, 2.05) is 24.3 Å². The van der Waals surface area contributed by atoms with Crippen LogP contribution in [0.25, 0.3) is 0 Å². The van der Waals surface area contributed by atoms with E-state index in [2.05, 4.69) is 49.9 Å². The highest BCUT2D eigenvalue weighted by atomic mass is 79.9. The minimum Gasteiger partial charge on any atom is -0.544 e. The van der Waals surface area contributed by atoms with Gasteiger partial charge in [0, 0.05) is 17.2 Å². The van der Waals surface area contributed by atoms with Crippen LogP contribution < -0.4 is 0 Å². The molecule has 0 aromatic heterocycles. The predicted octanol–water partition coefficient (Wildman–Crippen LogP) is 6.23. The Morgan fingerprint density at radius 2 is 1.59 bits per heavy atom. The minimum atomic E-state index is -1.74. The largest absolute Gasteiger partial charge is 0.544 e. The van der Waals surface area contributed by atoms with Crippen LogP contribution in [0.2, 0.25) is 18.1 Å². The molecular formula is C18H27BrO2Si. The van der Waals surface area contributed by atoms with Gasteiger partial charge in [0.15, 0.2) is 0 Å². The van der Waals surface area contributed by atoms with E-state index in [4.69, 9.17) is 9.16 Å². The molecular weight excluding hydrogens is 356 g/mol. The van der Waals surface area contributed by atoms with Crippen molar-refractivity contribution in [3.05, 3.63) is 58.8 Å². The van der Waals surface area contributed by atoms with Crippen LogP contribution >= 0.6 is 15.9 Å². The van der Waals surface area contributed by atoms with Gasteiger partial charge in [-0.05, 0) is 35.8 Å². The zero-order valence-electron chi connectivity index (χ0n) is 14.1. The molecule has 2 nitrogen and oxygen atoms in total. The summed E-state index contributed by atoms with van der Waals surface area (Å²) in [5.74, 6) is 0.673. The lowest BCUT2D eigenvalue weighted by Crippen LogP contribution is -2.35. The lowest BCUT2D eigenvalue weighted by Gasteiger charge is -2.32. The van der Waals surface area contributed by atoms with Crippen molar-refractivity contribution in [3.63, 3.8) is 0 Å². The number of halogens is 1. The average Bonchev–Trinajstić information content (AvgIpc) is 2.55. The first-order valence-corrected chi connectivity index (χ1v) is 11.1. The summed E-state index contributed by atoms with van der Waals surface area (Å²) in [5.41, 5.74) is 1.86. The van der Waals surface area contributed by atoms with Crippen LogP contribution in [0.15, 0.2) is 53.2 Å². The van der Waals surface area contributed by atoms with E-state index < -0.39 is 8.32 Å². The van der Waals surface area contributed by atoms with Gasteiger partial charge in [-0.15, -0.1) is 0 Å². The molecule has 0 aliphatic rings. The maximum atomic E-state index is 6.33. The number of rotatable bonds is 9. The average molecular weight is 383 g/mol. The van der Waals surface area contributed by atoms with Gasteiger partial charge in [-0.1, -0.05) is 62.0 Å². The van der Waals surface area contributed by atoms with Crippen molar-refractivity contribution in [2.24, 2.45) is 0 Å². The number of benzene rings is 1. The molecule has 122 valence electrons. The fraction of sp³-hybridized carbons (Fsp3) is 0.444. The standard InChI is InChI=1S/C18H27BrO2Si/c1-7-22(8-2,9-3)21-15(5)14(4)18(20-6)16-10-12-17(19)13-11-16/h10-13,18H,4-5,7-9H2,1-3,6H3. The molecule has 0 aliphatic carbocycles. The molecule has 1 rings (SSSR count). The summed E-state index contributed by atoms with van der Waals surface area (Å²) in [6.45, 7) is 14.9. The molecule has 1 unspecified atom stereocenters. The van der Waals surface area contributed by atoms with Crippen molar-refractivity contribution in [3.8, 4) is 0 Å². The maximum absolute atomic E-state index is 6.33. The van der Waals surface area contributed by atoms with Crippen molar-refractivity contribution in [1.29, 1.82) is 0 Å². The predicted molar refractivity (Wildman–Crippen MR) is 100 cm³/mol. The third kappa shape index (κ3) is 4.57. The lowest BCUT2D eigenvalue weighted by atomic mass is 10.0. The Balaban J connectivity index is 2.92.